The second-order valence-corrected chi connectivity index (χ2v) is 6.83. The lowest BCUT2D eigenvalue weighted by Crippen LogP contribution is -2.28. The number of halogens is 2. The fraction of sp³-hybridized carbons (Fsp3) is 0.312. The smallest absolute Gasteiger partial charge is 0.387 e. The molecule has 1 amide bonds. The minimum atomic E-state index is -2.86. The summed E-state index contributed by atoms with van der Waals surface area (Å²) in [6.07, 6.45) is 0. The number of hydrogen-bond donors (Lipinski definition) is 1. The van der Waals surface area contributed by atoms with Crippen LogP contribution in [0.4, 0.5) is 8.78 Å². The summed E-state index contributed by atoms with van der Waals surface area (Å²) < 4.78 is 28.8. The molecule has 0 aliphatic rings. The Balaban J connectivity index is 1.80. The lowest BCUT2D eigenvalue weighted by molar-refractivity contribution is -0.119. The standard InChI is InChI=1S/C16H17F2NO2S2/c1-11(12-4-2-5-13(8-12)21-16(17)18)19-15(20)10-22-9-14-6-3-7-23-14/h2-8,11,16H,9-10H2,1H3,(H,19,20)/t11-/m0/s1. The number of carbonyl (C=O) groups is 1. The second kappa shape index (κ2) is 8.88. The molecule has 7 heteroatoms. The van der Waals surface area contributed by atoms with E-state index in [4.69, 9.17) is 0 Å². The molecule has 1 aromatic carbocycles. The molecule has 23 heavy (non-hydrogen) atoms. The molecule has 2 aromatic rings. The summed E-state index contributed by atoms with van der Waals surface area (Å²) in [6, 6.07) is 10.1. The molecule has 0 saturated heterocycles. The molecule has 0 aliphatic carbocycles. The van der Waals surface area contributed by atoms with E-state index < -0.39 is 6.61 Å². The molecule has 1 heterocycles. The van der Waals surface area contributed by atoms with Crippen LogP contribution in [-0.4, -0.2) is 18.3 Å². The van der Waals surface area contributed by atoms with Crippen molar-refractivity contribution >= 4 is 29.0 Å². The van der Waals surface area contributed by atoms with E-state index in [0.717, 1.165) is 11.3 Å². The lowest BCUT2D eigenvalue weighted by Gasteiger charge is -2.15. The summed E-state index contributed by atoms with van der Waals surface area (Å²) in [5.74, 6) is 1.16. The topological polar surface area (TPSA) is 38.3 Å². The van der Waals surface area contributed by atoms with Gasteiger partial charge in [0.2, 0.25) is 5.91 Å². The molecule has 0 fully saturated rings. The van der Waals surface area contributed by atoms with Gasteiger partial charge in [-0.25, -0.2) is 0 Å². The fourth-order valence-corrected chi connectivity index (χ4v) is 3.65. The van der Waals surface area contributed by atoms with Crippen LogP contribution in [-0.2, 0) is 10.5 Å². The molecular weight excluding hydrogens is 340 g/mol. The summed E-state index contributed by atoms with van der Waals surface area (Å²) in [5, 5.41) is 4.86. The number of amides is 1. The number of alkyl halides is 2. The number of thiophene rings is 1. The van der Waals surface area contributed by atoms with Crippen LogP contribution in [0.3, 0.4) is 0 Å². The highest BCUT2D eigenvalue weighted by Gasteiger charge is 2.12. The molecule has 0 unspecified atom stereocenters. The van der Waals surface area contributed by atoms with Gasteiger partial charge in [0.05, 0.1) is 11.8 Å². The van der Waals surface area contributed by atoms with E-state index in [1.165, 1.54) is 17.0 Å². The van der Waals surface area contributed by atoms with Crippen molar-refractivity contribution in [1.82, 2.24) is 5.32 Å². The van der Waals surface area contributed by atoms with Gasteiger partial charge in [0, 0.05) is 10.6 Å². The summed E-state index contributed by atoms with van der Waals surface area (Å²) in [5.41, 5.74) is 0.722. The number of ether oxygens (including phenoxy) is 1. The lowest BCUT2D eigenvalue weighted by atomic mass is 10.1. The first kappa shape index (κ1) is 17.7. The molecule has 3 nitrogen and oxygen atoms in total. The Hall–Kier alpha value is -1.60. The van der Waals surface area contributed by atoms with Crippen LogP contribution in [0.25, 0.3) is 0 Å². The molecular formula is C16H17F2NO2S2. The van der Waals surface area contributed by atoms with Gasteiger partial charge in [-0.2, -0.15) is 8.78 Å². The molecule has 0 saturated carbocycles. The Labute approximate surface area is 142 Å². The third-order valence-corrected chi connectivity index (χ3v) is 5.06. The zero-order valence-corrected chi connectivity index (χ0v) is 14.1. The van der Waals surface area contributed by atoms with Crippen molar-refractivity contribution in [2.75, 3.05) is 5.75 Å². The van der Waals surface area contributed by atoms with Crippen LogP contribution < -0.4 is 10.1 Å². The van der Waals surface area contributed by atoms with Crippen LogP contribution in [0.2, 0.25) is 0 Å². The Morgan fingerprint density at radius 1 is 1.35 bits per heavy atom. The average Bonchev–Trinajstić information content (AvgIpc) is 3.00. The fourth-order valence-electron chi connectivity index (χ4n) is 1.97. The second-order valence-electron chi connectivity index (χ2n) is 4.81. The Morgan fingerprint density at radius 2 is 2.17 bits per heavy atom. The van der Waals surface area contributed by atoms with Gasteiger partial charge in [0.1, 0.15) is 5.75 Å². The van der Waals surface area contributed by atoms with Crippen molar-refractivity contribution in [1.29, 1.82) is 0 Å². The van der Waals surface area contributed by atoms with Crippen LogP contribution in [0, 0.1) is 0 Å². The summed E-state index contributed by atoms with van der Waals surface area (Å²) in [6.45, 7) is -1.05. The normalized spacial score (nSPS) is 12.2. The van der Waals surface area contributed by atoms with Crippen LogP contribution in [0.1, 0.15) is 23.4 Å². The number of carbonyl (C=O) groups excluding carboxylic acids is 1. The third kappa shape index (κ3) is 6.19. The summed E-state index contributed by atoms with van der Waals surface area (Å²) >= 11 is 3.21. The molecule has 0 bridgehead atoms. The van der Waals surface area contributed by atoms with Gasteiger partial charge in [-0.05, 0) is 36.1 Å². The van der Waals surface area contributed by atoms with Gasteiger partial charge < -0.3 is 10.1 Å². The SMILES string of the molecule is C[C@H](NC(=O)CSCc1cccs1)c1cccc(OC(F)F)c1. The number of thioether (sulfide) groups is 1. The van der Waals surface area contributed by atoms with E-state index in [1.807, 2.05) is 24.4 Å². The maximum absolute atomic E-state index is 12.2. The van der Waals surface area contributed by atoms with Gasteiger partial charge in [0.15, 0.2) is 0 Å². The van der Waals surface area contributed by atoms with Gasteiger partial charge >= 0.3 is 6.61 Å². The number of hydrogen-bond acceptors (Lipinski definition) is 4. The van der Waals surface area contributed by atoms with E-state index in [0.29, 0.717) is 5.75 Å². The highest BCUT2D eigenvalue weighted by molar-refractivity contribution is 7.99. The molecule has 1 N–H and O–H groups in total. The van der Waals surface area contributed by atoms with Gasteiger partial charge in [0.25, 0.3) is 0 Å². The highest BCUT2D eigenvalue weighted by Crippen LogP contribution is 2.21. The average molecular weight is 357 g/mol. The van der Waals surface area contributed by atoms with E-state index >= 15 is 0 Å². The number of benzene rings is 1. The molecule has 0 radical (unpaired) electrons. The minimum Gasteiger partial charge on any atom is -0.435 e. The Kier molecular flexibility index (Phi) is 6.85. The molecule has 124 valence electrons. The quantitative estimate of drug-likeness (QED) is 0.758. The van der Waals surface area contributed by atoms with Gasteiger partial charge in [-0.3, -0.25) is 4.79 Å². The van der Waals surface area contributed by atoms with Crippen molar-refractivity contribution in [2.45, 2.75) is 25.3 Å². The Bertz CT molecular complexity index is 620. The predicted octanol–water partition coefficient (Wildman–Crippen LogP) is 4.46. The van der Waals surface area contributed by atoms with Crippen molar-refractivity contribution in [3.63, 3.8) is 0 Å². The molecule has 1 atom stereocenters. The van der Waals surface area contributed by atoms with Crippen molar-refractivity contribution in [2.24, 2.45) is 0 Å². The molecule has 0 aliphatic heterocycles. The van der Waals surface area contributed by atoms with Crippen molar-refractivity contribution in [3.8, 4) is 5.75 Å². The summed E-state index contributed by atoms with van der Waals surface area (Å²) in [7, 11) is 0. The van der Waals surface area contributed by atoms with Crippen LogP contribution in [0.15, 0.2) is 41.8 Å². The van der Waals surface area contributed by atoms with E-state index in [2.05, 4.69) is 10.1 Å². The number of nitrogens with one attached hydrogen (secondary N) is 1. The molecule has 0 spiro atoms. The van der Waals surface area contributed by atoms with Gasteiger partial charge in [-0.1, -0.05) is 18.2 Å². The van der Waals surface area contributed by atoms with Crippen LogP contribution in [0.5, 0.6) is 5.75 Å². The van der Waals surface area contributed by atoms with Crippen molar-refractivity contribution < 1.29 is 18.3 Å². The first-order valence-electron chi connectivity index (χ1n) is 6.99. The first-order valence-corrected chi connectivity index (χ1v) is 9.02. The predicted molar refractivity (Wildman–Crippen MR) is 90.1 cm³/mol. The first-order chi connectivity index (χ1) is 11.0. The summed E-state index contributed by atoms with van der Waals surface area (Å²) in [4.78, 5) is 13.2. The maximum atomic E-state index is 12.2. The van der Waals surface area contributed by atoms with Crippen LogP contribution >= 0.6 is 23.1 Å². The van der Waals surface area contributed by atoms with E-state index in [9.17, 15) is 13.6 Å². The van der Waals surface area contributed by atoms with Crippen molar-refractivity contribution in [3.05, 3.63) is 52.2 Å². The monoisotopic (exact) mass is 357 g/mol. The van der Waals surface area contributed by atoms with E-state index in [1.54, 1.807) is 35.2 Å². The molecule has 2 rings (SSSR count). The third-order valence-electron chi connectivity index (χ3n) is 3.02. The zero-order chi connectivity index (χ0) is 16.7. The Morgan fingerprint density at radius 3 is 2.87 bits per heavy atom. The minimum absolute atomic E-state index is 0.0840. The molecule has 1 aromatic heterocycles. The van der Waals surface area contributed by atoms with E-state index in [-0.39, 0.29) is 17.7 Å². The highest BCUT2D eigenvalue weighted by atomic mass is 32.2. The zero-order valence-electron chi connectivity index (χ0n) is 12.5. The largest absolute Gasteiger partial charge is 0.435 e. The number of rotatable bonds is 8. The van der Waals surface area contributed by atoms with Gasteiger partial charge in [-0.15, -0.1) is 23.1 Å². The maximum Gasteiger partial charge on any atom is 0.387 e.